The van der Waals surface area contributed by atoms with Gasteiger partial charge in [-0.1, -0.05) is 6.07 Å². The number of hydrogen-bond donors (Lipinski definition) is 3. The molecule has 0 radical (unpaired) electrons. The van der Waals surface area contributed by atoms with Crippen molar-refractivity contribution in [3.05, 3.63) is 54.7 Å². The Kier molecular flexibility index (Phi) is 7.58. The van der Waals surface area contributed by atoms with Crippen molar-refractivity contribution < 1.29 is 19.4 Å². The summed E-state index contributed by atoms with van der Waals surface area (Å²) in [6, 6.07) is 10.1. The number of carboxylic acid groups (broad SMARTS) is 1. The zero-order valence-electron chi connectivity index (χ0n) is 13.5. The maximum atomic E-state index is 12.3. The summed E-state index contributed by atoms with van der Waals surface area (Å²) in [6.45, 7) is 2.35. The second kappa shape index (κ2) is 9.46. The average Bonchev–Trinajstić information content (AvgIpc) is 2.57. The number of carbonyl (C=O) groups is 2. The molecule has 6 nitrogen and oxygen atoms in total. The number of hydrogen-bond acceptors (Lipinski definition) is 4. The van der Waals surface area contributed by atoms with Crippen LogP contribution in [0.25, 0.3) is 0 Å². The minimum atomic E-state index is -1.08. The SMILES string of the molecule is CCOc1cccc(C(=O)NC(=S)Nc2c(I)cc(I)cc2C(=O)O)c1. The molecule has 2 aromatic carbocycles. The predicted molar refractivity (Wildman–Crippen MR) is 120 cm³/mol. The standard InChI is InChI=1S/C17H14I2N2O4S/c1-2-25-11-5-3-4-9(6-11)15(22)21-17(26)20-14-12(16(23)24)7-10(18)8-13(14)19/h3-8H,2H2,1H3,(H,23,24)(H2,20,21,22,26). The summed E-state index contributed by atoms with van der Waals surface area (Å²) in [4.78, 5) is 23.8. The Hall–Kier alpha value is -1.47. The van der Waals surface area contributed by atoms with E-state index in [1.165, 1.54) is 6.07 Å². The van der Waals surface area contributed by atoms with Crippen LogP contribution in [-0.2, 0) is 0 Å². The molecule has 26 heavy (non-hydrogen) atoms. The van der Waals surface area contributed by atoms with Gasteiger partial charge in [-0.2, -0.15) is 0 Å². The Labute approximate surface area is 183 Å². The molecule has 0 unspecified atom stereocenters. The molecular formula is C17H14I2N2O4S. The van der Waals surface area contributed by atoms with Gasteiger partial charge in [0.05, 0.1) is 17.9 Å². The maximum Gasteiger partial charge on any atom is 0.337 e. The Morgan fingerprint density at radius 2 is 1.96 bits per heavy atom. The lowest BCUT2D eigenvalue weighted by molar-refractivity contribution is 0.0697. The van der Waals surface area contributed by atoms with Gasteiger partial charge in [0, 0.05) is 12.7 Å². The number of ether oxygens (including phenoxy) is 1. The fourth-order valence-electron chi connectivity index (χ4n) is 2.08. The minimum absolute atomic E-state index is 0.0124. The molecule has 2 aromatic rings. The molecule has 0 saturated heterocycles. The fraction of sp³-hybridized carbons (Fsp3) is 0.118. The second-order valence-electron chi connectivity index (χ2n) is 4.98. The van der Waals surface area contributed by atoms with Gasteiger partial charge in [-0.3, -0.25) is 10.1 Å². The highest BCUT2D eigenvalue weighted by atomic mass is 127. The number of benzene rings is 2. The summed E-state index contributed by atoms with van der Waals surface area (Å²) in [5.41, 5.74) is 0.805. The number of halogens is 2. The van der Waals surface area contributed by atoms with E-state index >= 15 is 0 Å². The van der Waals surface area contributed by atoms with Gasteiger partial charge in [0.2, 0.25) is 0 Å². The molecule has 0 aliphatic carbocycles. The number of aromatic carboxylic acids is 1. The third-order valence-corrected chi connectivity index (χ3v) is 4.84. The van der Waals surface area contributed by atoms with Crippen LogP contribution in [0, 0.1) is 7.14 Å². The maximum absolute atomic E-state index is 12.3. The molecule has 136 valence electrons. The van der Waals surface area contributed by atoms with Crippen molar-refractivity contribution in [2.45, 2.75) is 6.92 Å². The largest absolute Gasteiger partial charge is 0.494 e. The monoisotopic (exact) mass is 596 g/mol. The first kappa shape index (κ1) is 20.8. The summed E-state index contributed by atoms with van der Waals surface area (Å²) < 4.78 is 6.84. The quantitative estimate of drug-likeness (QED) is 0.356. The van der Waals surface area contributed by atoms with Crippen molar-refractivity contribution in [2.75, 3.05) is 11.9 Å². The molecule has 0 fully saturated rings. The lowest BCUT2D eigenvalue weighted by Gasteiger charge is -2.14. The molecule has 0 bridgehead atoms. The van der Waals surface area contributed by atoms with Crippen molar-refractivity contribution in [2.24, 2.45) is 0 Å². The van der Waals surface area contributed by atoms with E-state index in [9.17, 15) is 14.7 Å². The summed E-state index contributed by atoms with van der Waals surface area (Å²) in [6.07, 6.45) is 0. The first-order chi connectivity index (χ1) is 12.3. The number of thiocarbonyl (C=S) groups is 1. The first-order valence-corrected chi connectivity index (χ1v) is 9.96. The van der Waals surface area contributed by atoms with Gasteiger partial charge >= 0.3 is 5.97 Å². The van der Waals surface area contributed by atoms with E-state index in [0.717, 1.165) is 3.57 Å². The van der Waals surface area contributed by atoms with Crippen molar-refractivity contribution in [1.82, 2.24) is 5.32 Å². The molecular weight excluding hydrogens is 582 g/mol. The van der Waals surface area contributed by atoms with Crippen molar-refractivity contribution in [3.8, 4) is 5.75 Å². The topological polar surface area (TPSA) is 87.7 Å². The van der Waals surface area contributed by atoms with Crippen LogP contribution < -0.4 is 15.4 Å². The predicted octanol–water partition coefficient (Wildman–Crippen LogP) is 4.12. The molecule has 9 heteroatoms. The number of carboxylic acids is 1. The van der Waals surface area contributed by atoms with Gasteiger partial charge in [0.15, 0.2) is 5.11 Å². The molecule has 0 heterocycles. The van der Waals surface area contributed by atoms with Crippen LogP contribution in [0.4, 0.5) is 5.69 Å². The molecule has 0 aromatic heterocycles. The van der Waals surface area contributed by atoms with E-state index < -0.39 is 11.9 Å². The van der Waals surface area contributed by atoms with Gasteiger partial charge in [0.1, 0.15) is 5.75 Å². The number of anilines is 1. The minimum Gasteiger partial charge on any atom is -0.494 e. The Morgan fingerprint density at radius 1 is 1.23 bits per heavy atom. The summed E-state index contributed by atoms with van der Waals surface area (Å²) in [5, 5.41) is 14.7. The average molecular weight is 596 g/mol. The van der Waals surface area contributed by atoms with E-state index in [1.54, 1.807) is 24.3 Å². The molecule has 0 spiro atoms. The van der Waals surface area contributed by atoms with E-state index in [1.807, 2.05) is 58.2 Å². The van der Waals surface area contributed by atoms with Gasteiger partial charge in [-0.15, -0.1) is 0 Å². The molecule has 0 aliphatic rings. The Balaban J connectivity index is 2.15. The third-order valence-electron chi connectivity index (χ3n) is 3.16. The van der Waals surface area contributed by atoms with Crippen molar-refractivity contribution in [3.63, 3.8) is 0 Å². The lowest BCUT2D eigenvalue weighted by Crippen LogP contribution is -2.34. The summed E-state index contributed by atoms with van der Waals surface area (Å²) in [5.74, 6) is -0.914. The lowest BCUT2D eigenvalue weighted by atomic mass is 10.2. The van der Waals surface area contributed by atoms with Gasteiger partial charge in [0.25, 0.3) is 5.91 Å². The number of nitrogens with one attached hydrogen (secondary N) is 2. The van der Waals surface area contributed by atoms with Gasteiger partial charge < -0.3 is 15.2 Å². The number of amides is 1. The van der Waals surface area contributed by atoms with Crippen LogP contribution in [-0.4, -0.2) is 28.7 Å². The molecule has 0 saturated carbocycles. The van der Waals surface area contributed by atoms with E-state index in [2.05, 4.69) is 10.6 Å². The fourth-order valence-corrected chi connectivity index (χ4v) is 4.26. The Morgan fingerprint density at radius 3 is 2.62 bits per heavy atom. The smallest absolute Gasteiger partial charge is 0.337 e. The highest BCUT2D eigenvalue weighted by Crippen LogP contribution is 2.26. The zero-order valence-corrected chi connectivity index (χ0v) is 18.6. The molecule has 1 amide bonds. The molecule has 3 N–H and O–H groups in total. The van der Waals surface area contributed by atoms with Crippen molar-refractivity contribution in [1.29, 1.82) is 0 Å². The van der Waals surface area contributed by atoms with E-state index in [-0.39, 0.29) is 10.7 Å². The highest BCUT2D eigenvalue weighted by molar-refractivity contribution is 14.1. The number of carbonyl (C=O) groups excluding carboxylic acids is 1. The van der Waals surface area contributed by atoms with Crippen LogP contribution in [0.5, 0.6) is 5.75 Å². The highest BCUT2D eigenvalue weighted by Gasteiger charge is 2.17. The summed E-state index contributed by atoms with van der Waals surface area (Å²) >= 11 is 9.22. The molecule has 0 atom stereocenters. The van der Waals surface area contributed by atoms with Crippen LogP contribution in [0.3, 0.4) is 0 Å². The molecule has 0 aliphatic heterocycles. The summed E-state index contributed by atoms with van der Waals surface area (Å²) in [7, 11) is 0. The van der Waals surface area contributed by atoms with Gasteiger partial charge in [-0.25, -0.2) is 4.79 Å². The number of rotatable bonds is 5. The second-order valence-corrected chi connectivity index (χ2v) is 7.80. The van der Waals surface area contributed by atoms with E-state index in [0.29, 0.717) is 27.2 Å². The van der Waals surface area contributed by atoms with Crippen LogP contribution >= 0.6 is 57.4 Å². The van der Waals surface area contributed by atoms with Crippen molar-refractivity contribution >= 4 is 80.1 Å². The van der Waals surface area contributed by atoms with Crippen LogP contribution in [0.15, 0.2) is 36.4 Å². The third kappa shape index (κ3) is 5.51. The van der Waals surface area contributed by atoms with Crippen LogP contribution in [0.1, 0.15) is 27.6 Å². The van der Waals surface area contributed by atoms with Gasteiger partial charge in [-0.05, 0) is 94.7 Å². The Bertz CT molecular complexity index is 874. The van der Waals surface area contributed by atoms with Crippen LogP contribution in [0.2, 0.25) is 0 Å². The van der Waals surface area contributed by atoms with E-state index in [4.69, 9.17) is 17.0 Å². The first-order valence-electron chi connectivity index (χ1n) is 7.39. The zero-order chi connectivity index (χ0) is 19.3. The normalized spacial score (nSPS) is 10.1. The molecule has 2 rings (SSSR count).